The Morgan fingerprint density at radius 3 is 3.00 bits per heavy atom. The van der Waals surface area contributed by atoms with E-state index in [9.17, 15) is 9.90 Å². The molecule has 2 aromatic heterocycles. The van der Waals surface area contributed by atoms with Gasteiger partial charge in [-0.05, 0) is 19.1 Å². The minimum Gasteiger partial charge on any atom is -0.385 e. The highest BCUT2D eigenvalue weighted by Gasteiger charge is 2.15. The summed E-state index contributed by atoms with van der Waals surface area (Å²) in [4.78, 5) is 11.7. The lowest BCUT2D eigenvalue weighted by atomic mass is 10.2. The van der Waals surface area contributed by atoms with Crippen LogP contribution < -0.4 is 5.32 Å². The van der Waals surface area contributed by atoms with Gasteiger partial charge in [0.2, 0.25) is 0 Å². The molecule has 0 bridgehead atoms. The molecule has 0 unspecified atom stereocenters. The van der Waals surface area contributed by atoms with E-state index < -0.39 is 6.10 Å². The molecule has 0 spiro atoms. The van der Waals surface area contributed by atoms with Gasteiger partial charge in [-0.25, -0.2) is 0 Å². The molecular formula is C12H15N3O3. The third-order valence-corrected chi connectivity index (χ3v) is 2.64. The van der Waals surface area contributed by atoms with Gasteiger partial charge in [0.25, 0.3) is 5.91 Å². The minimum atomic E-state index is -0.748. The van der Waals surface area contributed by atoms with Crippen LogP contribution in [0.15, 0.2) is 28.9 Å². The van der Waals surface area contributed by atoms with Gasteiger partial charge in [-0.1, -0.05) is 5.16 Å². The summed E-state index contributed by atoms with van der Waals surface area (Å²) in [6.07, 6.45) is 1.09. The van der Waals surface area contributed by atoms with Gasteiger partial charge < -0.3 is 19.5 Å². The highest BCUT2D eigenvalue weighted by atomic mass is 16.5. The zero-order valence-electron chi connectivity index (χ0n) is 10.3. The van der Waals surface area contributed by atoms with Crippen molar-refractivity contribution in [3.8, 4) is 0 Å². The predicted molar refractivity (Wildman–Crippen MR) is 63.9 cm³/mol. The Bertz CT molecular complexity index is 544. The Morgan fingerprint density at radius 2 is 2.44 bits per heavy atom. The van der Waals surface area contributed by atoms with Crippen molar-refractivity contribution in [1.29, 1.82) is 0 Å². The summed E-state index contributed by atoms with van der Waals surface area (Å²) in [6, 6.07) is 5.18. The van der Waals surface area contributed by atoms with Crippen LogP contribution in [0.25, 0.3) is 0 Å². The number of aliphatic hydroxyl groups excluding tert-OH is 1. The van der Waals surface area contributed by atoms with Crippen molar-refractivity contribution >= 4 is 5.91 Å². The van der Waals surface area contributed by atoms with Crippen molar-refractivity contribution in [1.82, 2.24) is 15.0 Å². The van der Waals surface area contributed by atoms with Crippen molar-refractivity contribution < 1.29 is 14.4 Å². The fraction of sp³-hybridized carbons (Fsp3) is 0.333. The van der Waals surface area contributed by atoms with E-state index in [0.29, 0.717) is 5.76 Å². The van der Waals surface area contributed by atoms with Crippen molar-refractivity contribution in [2.24, 2.45) is 7.05 Å². The van der Waals surface area contributed by atoms with Crippen LogP contribution in [0.1, 0.15) is 28.0 Å². The molecule has 1 amide bonds. The fourth-order valence-electron chi connectivity index (χ4n) is 1.68. The van der Waals surface area contributed by atoms with E-state index in [-0.39, 0.29) is 18.1 Å². The first kappa shape index (κ1) is 12.4. The van der Waals surface area contributed by atoms with Gasteiger partial charge in [-0.2, -0.15) is 0 Å². The molecule has 0 aromatic carbocycles. The maximum Gasteiger partial charge on any atom is 0.273 e. The summed E-state index contributed by atoms with van der Waals surface area (Å²) in [7, 11) is 1.83. The molecule has 0 saturated carbocycles. The number of aliphatic hydroxyl groups is 1. The molecule has 96 valence electrons. The summed E-state index contributed by atoms with van der Waals surface area (Å²) in [6.45, 7) is 1.84. The summed E-state index contributed by atoms with van der Waals surface area (Å²) >= 11 is 0. The zero-order valence-corrected chi connectivity index (χ0v) is 10.3. The highest BCUT2D eigenvalue weighted by Crippen LogP contribution is 2.11. The van der Waals surface area contributed by atoms with Crippen molar-refractivity contribution in [3.63, 3.8) is 0 Å². The van der Waals surface area contributed by atoms with E-state index in [2.05, 4.69) is 10.5 Å². The second-order valence-corrected chi connectivity index (χ2v) is 4.09. The van der Waals surface area contributed by atoms with E-state index in [1.807, 2.05) is 19.3 Å². The van der Waals surface area contributed by atoms with Crippen LogP contribution in [0, 0.1) is 6.92 Å². The van der Waals surface area contributed by atoms with Crippen LogP contribution in [0.4, 0.5) is 0 Å². The minimum absolute atomic E-state index is 0.128. The van der Waals surface area contributed by atoms with E-state index in [4.69, 9.17) is 4.52 Å². The molecule has 18 heavy (non-hydrogen) atoms. The maximum absolute atomic E-state index is 11.7. The maximum atomic E-state index is 11.7. The largest absolute Gasteiger partial charge is 0.385 e. The third-order valence-electron chi connectivity index (χ3n) is 2.64. The van der Waals surface area contributed by atoms with Crippen LogP contribution in [0.3, 0.4) is 0 Å². The Labute approximate surface area is 104 Å². The van der Waals surface area contributed by atoms with Gasteiger partial charge >= 0.3 is 0 Å². The monoisotopic (exact) mass is 249 g/mol. The van der Waals surface area contributed by atoms with Crippen LogP contribution in [-0.2, 0) is 7.05 Å². The van der Waals surface area contributed by atoms with Crippen molar-refractivity contribution in [2.75, 3.05) is 6.54 Å². The summed E-state index contributed by atoms with van der Waals surface area (Å²) in [5.41, 5.74) is 0.957. The second-order valence-electron chi connectivity index (χ2n) is 4.09. The first-order valence-corrected chi connectivity index (χ1v) is 5.58. The van der Waals surface area contributed by atoms with Gasteiger partial charge in [-0.3, -0.25) is 4.79 Å². The SMILES string of the molecule is Cc1cc(C(=O)NC[C@H](O)c2cccn2C)no1. The molecule has 0 fully saturated rings. The molecule has 0 saturated heterocycles. The van der Waals surface area contributed by atoms with Crippen LogP contribution >= 0.6 is 0 Å². The van der Waals surface area contributed by atoms with E-state index >= 15 is 0 Å². The predicted octanol–water partition coefficient (Wildman–Crippen LogP) is 0.785. The molecule has 0 aliphatic carbocycles. The zero-order chi connectivity index (χ0) is 13.1. The molecule has 0 radical (unpaired) electrons. The molecule has 6 nitrogen and oxygen atoms in total. The van der Waals surface area contributed by atoms with Gasteiger partial charge in [0.1, 0.15) is 11.9 Å². The molecule has 1 atom stereocenters. The molecular weight excluding hydrogens is 234 g/mol. The number of rotatable bonds is 4. The van der Waals surface area contributed by atoms with Crippen molar-refractivity contribution in [2.45, 2.75) is 13.0 Å². The lowest BCUT2D eigenvalue weighted by Gasteiger charge is -2.12. The standard InChI is InChI=1S/C12H15N3O3/c1-8-6-9(14-18-8)12(17)13-7-11(16)10-4-3-5-15(10)2/h3-6,11,16H,7H2,1-2H3,(H,13,17)/t11-/m0/s1. The summed E-state index contributed by atoms with van der Waals surface area (Å²) in [5.74, 6) is 0.211. The Morgan fingerprint density at radius 1 is 1.67 bits per heavy atom. The van der Waals surface area contributed by atoms with Crippen LogP contribution in [0.2, 0.25) is 0 Å². The van der Waals surface area contributed by atoms with Gasteiger partial charge in [0.15, 0.2) is 5.69 Å². The van der Waals surface area contributed by atoms with Crippen LogP contribution in [0.5, 0.6) is 0 Å². The molecule has 2 N–H and O–H groups in total. The average Bonchev–Trinajstić information content (AvgIpc) is 2.94. The number of aryl methyl sites for hydroxylation is 2. The second kappa shape index (κ2) is 5.05. The molecule has 6 heteroatoms. The number of aromatic nitrogens is 2. The average molecular weight is 249 g/mol. The molecule has 2 aromatic rings. The number of hydrogen-bond acceptors (Lipinski definition) is 4. The summed E-state index contributed by atoms with van der Waals surface area (Å²) < 4.78 is 6.61. The molecule has 0 aliphatic rings. The van der Waals surface area contributed by atoms with E-state index in [1.165, 1.54) is 0 Å². The molecule has 2 heterocycles. The number of nitrogens with zero attached hydrogens (tertiary/aromatic N) is 2. The molecule has 2 rings (SSSR count). The smallest absolute Gasteiger partial charge is 0.273 e. The highest BCUT2D eigenvalue weighted by molar-refractivity contribution is 5.92. The van der Waals surface area contributed by atoms with Crippen molar-refractivity contribution in [3.05, 3.63) is 41.5 Å². The number of hydrogen-bond donors (Lipinski definition) is 2. The Kier molecular flexibility index (Phi) is 3.47. The quantitative estimate of drug-likeness (QED) is 0.839. The third kappa shape index (κ3) is 2.60. The first-order chi connectivity index (χ1) is 8.58. The van der Waals surface area contributed by atoms with Gasteiger partial charge in [0.05, 0.1) is 0 Å². The number of nitrogens with one attached hydrogen (secondary N) is 1. The van der Waals surface area contributed by atoms with E-state index in [0.717, 1.165) is 5.69 Å². The lowest BCUT2D eigenvalue weighted by Crippen LogP contribution is -2.29. The number of amides is 1. The first-order valence-electron chi connectivity index (χ1n) is 5.58. The Balaban J connectivity index is 1.92. The topological polar surface area (TPSA) is 80.3 Å². The lowest BCUT2D eigenvalue weighted by molar-refractivity contribution is 0.0903. The van der Waals surface area contributed by atoms with Crippen LogP contribution in [-0.4, -0.2) is 27.3 Å². The number of carbonyl (C=O) groups excluding carboxylic acids is 1. The number of carbonyl (C=O) groups is 1. The Hall–Kier alpha value is -2.08. The van der Waals surface area contributed by atoms with Gasteiger partial charge in [0, 0.05) is 31.5 Å². The molecule has 0 aliphatic heterocycles. The van der Waals surface area contributed by atoms with E-state index in [1.54, 1.807) is 23.6 Å². The summed E-state index contributed by atoms with van der Waals surface area (Å²) in [5, 5.41) is 16.1. The van der Waals surface area contributed by atoms with Gasteiger partial charge in [-0.15, -0.1) is 0 Å². The normalized spacial score (nSPS) is 12.4. The fourth-order valence-corrected chi connectivity index (χ4v) is 1.68.